The summed E-state index contributed by atoms with van der Waals surface area (Å²) < 4.78 is 40.8. The normalized spacial score (nSPS) is 15.7. The number of rotatable bonds is 5. The summed E-state index contributed by atoms with van der Waals surface area (Å²) in [6, 6.07) is 11.7. The molecule has 144 valence electrons. The van der Waals surface area contributed by atoms with Gasteiger partial charge in [-0.1, -0.05) is 31.4 Å². The molecule has 0 saturated heterocycles. The molecule has 2 aromatic rings. The van der Waals surface area contributed by atoms with Crippen molar-refractivity contribution in [3.05, 3.63) is 59.9 Å². The van der Waals surface area contributed by atoms with E-state index in [1.807, 2.05) is 0 Å². The first-order valence-electron chi connectivity index (χ1n) is 9.03. The van der Waals surface area contributed by atoms with Crippen LogP contribution in [-0.2, 0) is 10.0 Å². The van der Waals surface area contributed by atoms with E-state index >= 15 is 0 Å². The molecular weight excluding hydrogens is 367 g/mol. The van der Waals surface area contributed by atoms with Crippen molar-refractivity contribution < 1.29 is 17.6 Å². The van der Waals surface area contributed by atoms with Crippen molar-refractivity contribution in [2.24, 2.45) is 0 Å². The molecule has 1 N–H and O–H groups in total. The number of carbonyl (C=O) groups is 1. The molecule has 1 fully saturated rings. The van der Waals surface area contributed by atoms with Gasteiger partial charge >= 0.3 is 0 Å². The number of hydrogen-bond donors (Lipinski definition) is 1. The Labute approximate surface area is 159 Å². The Bertz CT molecular complexity index is 907. The van der Waals surface area contributed by atoms with E-state index in [0.29, 0.717) is 5.69 Å². The fraction of sp³-hybridized carbons (Fsp3) is 0.350. The Morgan fingerprint density at radius 2 is 1.67 bits per heavy atom. The van der Waals surface area contributed by atoms with E-state index in [9.17, 15) is 17.6 Å². The molecule has 1 amide bonds. The third-order valence-electron chi connectivity index (χ3n) is 5.00. The van der Waals surface area contributed by atoms with Crippen LogP contribution in [0, 0.1) is 5.82 Å². The van der Waals surface area contributed by atoms with Crippen molar-refractivity contribution in [2.45, 2.75) is 43.0 Å². The average molecular weight is 390 g/mol. The molecule has 1 aliphatic rings. The molecule has 0 aromatic heterocycles. The number of amides is 1. The molecule has 0 heterocycles. The molecule has 0 atom stereocenters. The molecule has 0 aliphatic heterocycles. The molecule has 0 radical (unpaired) electrons. The maximum atomic E-state index is 13.7. The van der Waals surface area contributed by atoms with Crippen LogP contribution in [-0.4, -0.2) is 31.7 Å². The van der Waals surface area contributed by atoms with Gasteiger partial charge in [0.25, 0.3) is 5.91 Å². The van der Waals surface area contributed by atoms with E-state index in [1.165, 1.54) is 46.8 Å². The zero-order valence-corrected chi connectivity index (χ0v) is 16.0. The van der Waals surface area contributed by atoms with E-state index < -0.39 is 21.7 Å². The summed E-state index contributed by atoms with van der Waals surface area (Å²) in [4.78, 5) is 12.3. The first-order valence-corrected chi connectivity index (χ1v) is 10.5. The number of sulfonamides is 1. The minimum Gasteiger partial charge on any atom is -0.322 e. The van der Waals surface area contributed by atoms with Crippen LogP contribution in [0.5, 0.6) is 0 Å². The van der Waals surface area contributed by atoms with Gasteiger partial charge in [-0.2, -0.15) is 4.31 Å². The summed E-state index contributed by atoms with van der Waals surface area (Å²) in [6.07, 6.45) is 5.01. The SMILES string of the molecule is CN(C1CCCCC1)S(=O)(=O)c1ccc(NC(=O)c2ccccc2F)cc1. The predicted octanol–water partition coefficient (Wildman–Crippen LogP) is 4.03. The molecule has 0 bridgehead atoms. The summed E-state index contributed by atoms with van der Waals surface area (Å²) in [5.41, 5.74) is 0.341. The number of nitrogens with one attached hydrogen (secondary N) is 1. The molecule has 27 heavy (non-hydrogen) atoms. The molecule has 3 rings (SSSR count). The summed E-state index contributed by atoms with van der Waals surface area (Å²) in [6.45, 7) is 0. The van der Waals surface area contributed by atoms with E-state index in [0.717, 1.165) is 32.1 Å². The van der Waals surface area contributed by atoms with Crippen LogP contribution in [0.3, 0.4) is 0 Å². The Morgan fingerprint density at radius 1 is 1.04 bits per heavy atom. The topological polar surface area (TPSA) is 66.5 Å². The van der Waals surface area contributed by atoms with Gasteiger partial charge in [0.05, 0.1) is 10.5 Å². The zero-order valence-electron chi connectivity index (χ0n) is 15.2. The largest absolute Gasteiger partial charge is 0.322 e. The van der Waals surface area contributed by atoms with Crippen LogP contribution in [0.25, 0.3) is 0 Å². The van der Waals surface area contributed by atoms with E-state index in [-0.39, 0.29) is 16.5 Å². The Balaban J connectivity index is 1.72. The summed E-state index contributed by atoms with van der Waals surface area (Å²) in [5.74, 6) is -1.19. The lowest BCUT2D eigenvalue weighted by Crippen LogP contribution is -2.38. The zero-order chi connectivity index (χ0) is 19.4. The fourth-order valence-electron chi connectivity index (χ4n) is 3.36. The molecule has 1 aliphatic carbocycles. The number of hydrogen-bond acceptors (Lipinski definition) is 3. The molecule has 0 spiro atoms. The van der Waals surface area contributed by atoms with Crippen molar-refractivity contribution in [1.29, 1.82) is 0 Å². The van der Waals surface area contributed by atoms with Gasteiger partial charge in [0, 0.05) is 18.8 Å². The average Bonchev–Trinajstić information content (AvgIpc) is 2.68. The lowest BCUT2D eigenvalue weighted by Gasteiger charge is -2.30. The lowest BCUT2D eigenvalue weighted by atomic mass is 9.96. The van der Waals surface area contributed by atoms with Gasteiger partial charge in [-0.25, -0.2) is 12.8 Å². The monoisotopic (exact) mass is 390 g/mol. The van der Waals surface area contributed by atoms with Crippen molar-refractivity contribution >= 4 is 21.6 Å². The van der Waals surface area contributed by atoms with Crippen LogP contribution in [0.15, 0.2) is 53.4 Å². The summed E-state index contributed by atoms with van der Waals surface area (Å²) in [7, 11) is -1.96. The third-order valence-corrected chi connectivity index (χ3v) is 6.92. The Kier molecular flexibility index (Phi) is 5.92. The number of nitrogens with zero attached hydrogens (tertiary/aromatic N) is 1. The molecule has 0 unspecified atom stereocenters. The van der Waals surface area contributed by atoms with E-state index in [4.69, 9.17) is 0 Å². The lowest BCUT2D eigenvalue weighted by molar-refractivity contribution is 0.102. The van der Waals surface area contributed by atoms with Crippen LogP contribution in [0.1, 0.15) is 42.5 Å². The molecular formula is C20H23FN2O3S. The highest BCUT2D eigenvalue weighted by molar-refractivity contribution is 7.89. The second-order valence-electron chi connectivity index (χ2n) is 6.77. The minimum atomic E-state index is -3.58. The van der Waals surface area contributed by atoms with Gasteiger partial charge in [0.1, 0.15) is 5.82 Å². The predicted molar refractivity (Wildman–Crippen MR) is 103 cm³/mol. The number of carbonyl (C=O) groups excluding carboxylic acids is 1. The quantitative estimate of drug-likeness (QED) is 0.838. The van der Waals surface area contributed by atoms with Gasteiger partial charge in [-0.3, -0.25) is 4.79 Å². The molecule has 5 nitrogen and oxygen atoms in total. The summed E-state index contributed by atoms with van der Waals surface area (Å²) >= 11 is 0. The molecule has 2 aromatic carbocycles. The van der Waals surface area contributed by atoms with E-state index in [1.54, 1.807) is 13.1 Å². The first kappa shape index (κ1) is 19.5. The maximum absolute atomic E-state index is 13.7. The highest BCUT2D eigenvalue weighted by atomic mass is 32.2. The van der Waals surface area contributed by atoms with Gasteiger partial charge < -0.3 is 5.32 Å². The number of anilines is 1. The highest BCUT2D eigenvalue weighted by Gasteiger charge is 2.28. The first-order chi connectivity index (χ1) is 12.9. The van der Waals surface area contributed by atoms with Crippen LogP contribution in [0.4, 0.5) is 10.1 Å². The third kappa shape index (κ3) is 4.36. The minimum absolute atomic E-state index is 0.0317. The number of benzene rings is 2. The van der Waals surface area contributed by atoms with Crippen molar-refractivity contribution in [1.82, 2.24) is 4.31 Å². The Hall–Kier alpha value is -2.25. The van der Waals surface area contributed by atoms with Gasteiger partial charge in [-0.15, -0.1) is 0 Å². The Morgan fingerprint density at radius 3 is 2.30 bits per heavy atom. The van der Waals surface area contributed by atoms with Crippen LogP contribution < -0.4 is 5.32 Å². The summed E-state index contributed by atoms with van der Waals surface area (Å²) in [5, 5.41) is 2.58. The standard InChI is InChI=1S/C20H23FN2O3S/c1-23(16-7-3-2-4-8-16)27(25,26)17-13-11-15(12-14-17)22-20(24)18-9-5-6-10-19(18)21/h5-6,9-14,16H,2-4,7-8H2,1H3,(H,22,24). The molecule has 7 heteroatoms. The highest BCUT2D eigenvalue weighted by Crippen LogP contribution is 2.27. The maximum Gasteiger partial charge on any atom is 0.258 e. The number of halogens is 1. The van der Waals surface area contributed by atoms with Crippen LogP contribution >= 0.6 is 0 Å². The van der Waals surface area contributed by atoms with Crippen LogP contribution in [0.2, 0.25) is 0 Å². The van der Waals surface area contributed by atoms with Gasteiger partial charge in [-0.05, 0) is 49.2 Å². The second-order valence-corrected chi connectivity index (χ2v) is 8.77. The van der Waals surface area contributed by atoms with Crippen molar-refractivity contribution in [3.8, 4) is 0 Å². The van der Waals surface area contributed by atoms with Crippen molar-refractivity contribution in [3.63, 3.8) is 0 Å². The second kappa shape index (κ2) is 8.19. The van der Waals surface area contributed by atoms with E-state index in [2.05, 4.69) is 5.32 Å². The van der Waals surface area contributed by atoms with Gasteiger partial charge in [0.15, 0.2) is 0 Å². The smallest absolute Gasteiger partial charge is 0.258 e. The van der Waals surface area contributed by atoms with Crippen molar-refractivity contribution in [2.75, 3.05) is 12.4 Å². The molecule has 1 saturated carbocycles. The van der Waals surface area contributed by atoms with Gasteiger partial charge in [0.2, 0.25) is 10.0 Å². The fourth-order valence-corrected chi connectivity index (χ4v) is 4.78.